The number of carbonyl (C=O) groups excluding carboxylic acids is 1. The Morgan fingerprint density at radius 1 is 1.11 bits per heavy atom. The summed E-state index contributed by atoms with van der Waals surface area (Å²) in [4.78, 5) is 10.9. The molecular formula is C14H14N4O. The third kappa shape index (κ3) is 2.40. The molecule has 0 saturated heterocycles. The van der Waals surface area contributed by atoms with Gasteiger partial charge in [-0.05, 0) is 36.1 Å². The SMILES string of the molecule is NC(=O)c1ccc(NC2Cc3ccccc3C2)nn1. The van der Waals surface area contributed by atoms with Gasteiger partial charge in [-0.1, -0.05) is 24.3 Å². The van der Waals surface area contributed by atoms with Gasteiger partial charge in [-0.2, -0.15) is 0 Å². The molecule has 3 N–H and O–H groups in total. The number of anilines is 1. The lowest BCUT2D eigenvalue weighted by molar-refractivity contribution is 0.0994. The van der Waals surface area contributed by atoms with Gasteiger partial charge in [-0.3, -0.25) is 4.79 Å². The van der Waals surface area contributed by atoms with Gasteiger partial charge in [0.2, 0.25) is 0 Å². The summed E-state index contributed by atoms with van der Waals surface area (Å²) < 4.78 is 0. The summed E-state index contributed by atoms with van der Waals surface area (Å²) >= 11 is 0. The van der Waals surface area contributed by atoms with Crippen molar-refractivity contribution in [2.45, 2.75) is 18.9 Å². The van der Waals surface area contributed by atoms with Crippen LogP contribution in [0.1, 0.15) is 21.6 Å². The van der Waals surface area contributed by atoms with Crippen LogP contribution in [0.15, 0.2) is 36.4 Å². The second-order valence-corrected chi connectivity index (χ2v) is 4.69. The Balaban J connectivity index is 1.69. The molecule has 1 aromatic carbocycles. The fraction of sp³-hybridized carbons (Fsp3) is 0.214. The van der Waals surface area contributed by atoms with Crippen molar-refractivity contribution in [1.29, 1.82) is 0 Å². The number of nitrogens with zero attached hydrogens (tertiary/aromatic N) is 2. The minimum absolute atomic E-state index is 0.181. The Hall–Kier alpha value is -2.43. The predicted octanol–water partition coefficient (Wildman–Crippen LogP) is 1.15. The predicted molar refractivity (Wildman–Crippen MR) is 71.8 cm³/mol. The lowest BCUT2D eigenvalue weighted by Crippen LogP contribution is -2.21. The summed E-state index contributed by atoms with van der Waals surface area (Å²) in [5.41, 5.74) is 8.06. The lowest BCUT2D eigenvalue weighted by atomic mass is 10.1. The van der Waals surface area contributed by atoms with Gasteiger partial charge >= 0.3 is 0 Å². The molecular weight excluding hydrogens is 240 g/mol. The van der Waals surface area contributed by atoms with Crippen LogP contribution in [-0.4, -0.2) is 22.1 Å². The highest BCUT2D eigenvalue weighted by Gasteiger charge is 2.21. The fourth-order valence-corrected chi connectivity index (χ4v) is 2.41. The number of amides is 1. The number of primary amides is 1. The Labute approximate surface area is 110 Å². The maximum atomic E-state index is 10.9. The largest absolute Gasteiger partial charge is 0.365 e. The van der Waals surface area contributed by atoms with Gasteiger partial charge in [-0.15, -0.1) is 10.2 Å². The van der Waals surface area contributed by atoms with E-state index in [4.69, 9.17) is 5.73 Å². The zero-order valence-electron chi connectivity index (χ0n) is 10.3. The molecule has 3 rings (SSSR count). The highest BCUT2D eigenvalue weighted by atomic mass is 16.1. The highest BCUT2D eigenvalue weighted by molar-refractivity contribution is 5.90. The zero-order chi connectivity index (χ0) is 13.2. The van der Waals surface area contributed by atoms with Crippen LogP contribution in [0.2, 0.25) is 0 Å². The molecule has 0 bridgehead atoms. The minimum atomic E-state index is -0.563. The average molecular weight is 254 g/mol. The molecule has 5 heteroatoms. The third-order valence-electron chi connectivity index (χ3n) is 3.32. The maximum Gasteiger partial charge on any atom is 0.269 e. The molecule has 19 heavy (non-hydrogen) atoms. The van der Waals surface area contributed by atoms with Crippen LogP contribution in [0.5, 0.6) is 0 Å². The number of carbonyl (C=O) groups is 1. The Kier molecular flexibility index (Phi) is 2.87. The summed E-state index contributed by atoms with van der Waals surface area (Å²) in [6.45, 7) is 0. The molecule has 1 aliphatic carbocycles. The van der Waals surface area contributed by atoms with E-state index in [1.165, 1.54) is 11.1 Å². The maximum absolute atomic E-state index is 10.9. The molecule has 1 aromatic heterocycles. The minimum Gasteiger partial charge on any atom is -0.365 e. The van der Waals surface area contributed by atoms with Crippen LogP contribution in [0.4, 0.5) is 5.82 Å². The number of nitrogens with two attached hydrogens (primary N) is 1. The first kappa shape index (κ1) is 11.6. The molecule has 0 aliphatic heterocycles. The van der Waals surface area contributed by atoms with Crippen molar-refractivity contribution in [3.8, 4) is 0 Å². The van der Waals surface area contributed by atoms with E-state index in [2.05, 4.69) is 39.8 Å². The standard InChI is InChI=1S/C14H14N4O/c15-14(19)12-5-6-13(18-17-12)16-11-7-9-3-1-2-4-10(9)8-11/h1-6,11H,7-8H2,(H2,15,19)(H,16,18). The zero-order valence-corrected chi connectivity index (χ0v) is 10.3. The number of hydrogen-bond acceptors (Lipinski definition) is 4. The molecule has 1 amide bonds. The normalized spacial score (nSPS) is 14.1. The number of rotatable bonds is 3. The first-order valence-corrected chi connectivity index (χ1v) is 6.19. The van der Waals surface area contributed by atoms with Gasteiger partial charge in [0.05, 0.1) is 0 Å². The van der Waals surface area contributed by atoms with Crippen molar-refractivity contribution < 1.29 is 4.79 Å². The van der Waals surface area contributed by atoms with Gasteiger partial charge in [0.15, 0.2) is 5.69 Å². The van der Waals surface area contributed by atoms with Gasteiger partial charge < -0.3 is 11.1 Å². The van der Waals surface area contributed by atoms with E-state index in [-0.39, 0.29) is 5.69 Å². The van der Waals surface area contributed by atoms with Gasteiger partial charge in [-0.25, -0.2) is 0 Å². The smallest absolute Gasteiger partial charge is 0.269 e. The second kappa shape index (κ2) is 4.68. The van der Waals surface area contributed by atoms with E-state index in [9.17, 15) is 4.79 Å². The quantitative estimate of drug-likeness (QED) is 0.861. The topological polar surface area (TPSA) is 80.9 Å². The number of fused-ring (bicyclic) bond motifs is 1. The number of nitrogens with one attached hydrogen (secondary N) is 1. The summed E-state index contributed by atoms with van der Waals surface area (Å²) in [6, 6.07) is 12.1. The van der Waals surface area contributed by atoms with Crippen molar-refractivity contribution in [3.63, 3.8) is 0 Å². The van der Waals surface area contributed by atoms with E-state index < -0.39 is 5.91 Å². The lowest BCUT2D eigenvalue weighted by Gasteiger charge is -2.11. The average Bonchev–Trinajstić information content (AvgIpc) is 2.81. The van der Waals surface area contributed by atoms with Crippen molar-refractivity contribution in [2.75, 3.05) is 5.32 Å². The molecule has 0 spiro atoms. The van der Waals surface area contributed by atoms with Crippen LogP contribution >= 0.6 is 0 Å². The third-order valence-corrected chi connectivity index (χ3v) is 3.32. The van der Waals surface area contributed by atoms with Crippen LogP contribution in [0.25, 0.3) is 0 Å². The molecule has 0 saturated carbocycles. The van der Waals surface area contributed by atoms with Crippen molar-refractivity contribution in [3.05, 3.63) is 53.2 Å². The molecule has 0 radical (unpaired) electrons. The van der Waals surface area contributed by atoms with Crippen LogP contribution in [-0.2, 0) is 12.8 Å². The highest BCUT2D eigenvalue weighted by Crippen LogP contribution is 2.23. The van der Waals surface area contributed by atoms with Crippen LogP contribution < -0.4 is 11.1 Å². The molecule has 0 atom stereocenters. The van der Waals surface area contributed by atoms with Crippen molar-refractivity contribution in [1.82, 2.24) is 10.2 Å². The van der Waals surface area contributed by atoms with Gasteiger partial charge in [0.1, 0.15) is 5.82 Å². The fourth-order valence-electron chi connectivity index (χ4n) is 2.41. The second-order valence-electron chi connectivity index (χ2n) is 4.69. The van der Waals surface area contributed by atoms with Crippen molar-refractivity contribution in [2.24, 2.45) is 5.73 Å². The van der Waals surface area contributed by atoms with Crippen LogP contribution in [0, 0.1) is 0 Å². The first-order chi connectivity index (χ1) is 9.22. The van der Waals surface area contributed by atoms with Gasteiger partial charge in [0, 0.05) is 6.04 Å². The summed E-state index contributed by atoms with van der Waals surface area (Å²) in [6.07, 6.45) is 1.96. The Morgan fingerprint density at radius 3 is 2.32 bits per heavy atom. The molecule has 5 nitrogen and oxygen atoms in total. The van der Waals surface area contributed by atoms with E-state index in [0.717, 1.165) is 12.8 Å². The molecule has 2 aromatic rings. The number of hydrogen-bond donors (Lipinski definition) is 2. The van der Waals surface area contributed by atoms with Crippen LogP contribution in [0.3, 0.4) is 0 Å². The van der Waals surface area contributed by atoms with Crippen molar-refractivity contribution >= 4 is 11.7 Å². The molecule has 0 fully saturated rings. The number of aromatic nitrogens is 2. The van der Waals surface area contributed by atoms with E-state index in [1.54, 1.807) is 12.1 Å². The molecule has 96 valence electrons. The number of benzene rings is 1. The molecule has 0 unspecified atom stereocenters. The Bertz CT molecular complexity index is 584. The molecule has 1 aliphatic rings. The molecule has 1 heterocycles. The summed E-state index contributed by atoms with van der Waals surface area (Å²) in [5.74, 6) is 0.107. The van der Waals surface area contributed by atoms with Gasteiger partial charge in [0.25, 0.3) is 5.91 Å². The summed E-state index contributed by atoms with van der Waals surface area (Å²) in [5, 5.41) is 11.1. The monoisotopic (exact) mass is 254 g/mol. The first-order valence-electron chi connectivity index (χ1n) is 6.19. The van der Waals surface area contributed by atoms with E-state index in [1.807, 2.05) is 0 Å². The summed E-state index contributed by atoms with van der Waals surface area (Å²) in [7, 11) is 0. The van der Waals surface area contributed by atoms with E-state index >= 15 is 0 Å². The van der Waals surface area contributed by atoms with E-state index in [0.29, 0.717) is 11.9 Å². The Morgan fingerprint density at radius 2 is 1.79 bits per heavy atom.